The van der Waals surface area contributed by atoms with Gasteiger partial charge in [0.1, 0.15) is 0 Å². The van der Waals surface area contributed by atoms with Crippen LogP contribution in [0, 0.1) is 5.92 Å². The van der Waals surface area contributed by atoms with Gasteiger partial charge in [-0.1, -0.05) is 22.9 Å². The van der Waals surface area contributed by atoms with E-state index in [1.807, 2.05) is 13.8 Å². The van der Waals surface area contributed by atoms with Crippen LogP contribution in [0.3, 0.4) is 0 Å². The average molecular weight is 364 g/mol. The Morgan fingerprint density at radius 3 is 2.57 bits per heavy atom. The zero-order chi connectivity index (χ0) is 15.8. The number of piperidine rings is 1. The second-order valence-corrected chi connectivity index (χ2v) is 6.59. The van der Waals surface area contributed by atoms with Gasteiger partial charge in [-0.25, -0.2) is 0 Å². The van der Waals surface area contributed by atoms with Crippen molar-refractivity contribution in [3.8, 4) is 0 Å². The first kappa shape index (κ1) is 16.3. The summed E-state index contributed by atoms with van der Waals surface area (Å²) in [5, 5.41) is 0. The van der Waals surface area contributed by atoms with Crippen LogP contribution in [-0.4, -0.2) is 23.4 Å². The lowest BCUT2D eigenvalue weighted by atomic mass is 9.93. The van der Waals surface area contributed by atoms with Crippen LogP contribution in [0.15, 0.2) is 22.7 Å². The number of halogens is 4. The maximum atomic E-state index is 13.1. The zero-order valence-electron chi connectivity index (χ0n) is 11.9. The molecule has 2 atom stereocenters. The van der Waals surface area contributed by atoms with Crippen molar-refractivity contribution < 1.29 is 18.0 Å². The summed E-state index contributed by atoms with van der Waals surface area (Å²) >= 11 is 3.03. The molecule has 0 radical (unpaired) electrons. The summed E-state index contributed by atoms with van der Waals surface area (Å²) in [5.74, 6) is -0.219. The lowest BCUT2D eigenvalue weighted by molar-refractivity contribution is -0.138. The van der Waals surface area contributed by atoms with E-state index in [0.717, 1.165) is 18.9 Å². The molecule has 2 unspecified atom stereocenters. The molecule has 1 heterocycles. The number of amides is 1. The highest BCUT2D eigenvalue weighted by Crippen LogP contribution is 2.35. The molecule has 0 bridgehead atoms. The van der Waals surface area contributed by atoms with Crippen LogP contribution < -0.4 is 0 Å². The molecule has 2 rings (SSSR count). The van der Waals surface area contributed by atoms with Crippen molar-refractivity contribution in [3.63, 3.8) is 0 Å². The number of carbonyl (C=O) groups is 1. The highest BCUT2D eigenvalue weighted by molar-refractivity contribution is 9.10. The second-order valence-electron chi connectivity index (χ2n) is 5.68. The normalized spacial score (nSPS) is 23.2. The third-order valence-electron chi connectivity index (χ3n) is 3.90. The Morgan fingerprint density at radius 2 is 1.95 bits per heavy atom. The number of hydrogen-bond acceptors (Lipinski definition) is 1. The molecule has 0 N–H and O–H groups in total. The average Bonchev–Trinajstić information content (AvgIpc) is 2.40. The van der Waals surface area contributed by atoms with Gasteiger partial charge in [-0.15, -0.1) is 0 Å². The maximum absolute atomic E-state index is 13.1. The van der Waals surface area contributed by atoms with E-state index < -0.39 is 17.6 Å². The first-order valence-electron chi connectivity index (χ1n) is 6.88. The molecular formula is C15H17BrF3NO. The fourth-order valence-corrected chi connectivity index (χ4v) is 3.02. The summed E-state index contributed by atoms with van der Waals surface area (Å²) < 4.78 is 39.7. The summed E-state index contributed by atoms with van der Waals surface area (Å²) in [5.41, 5.74) is -1.15. The summed E-state index contributed by atoms with van der Waals surface area (Å²) in [6.45, 7) is 4.40. The molecule has 21 heavy (non-hydrogen) atoms. The molecular weight excluding hydrogens is 347 g/mol. The van der Waals surface area contributed by atoms with Gasteiger partial charge in [-0.05, 0) is 43.9 Å². The number of nitrogens with zero attached hydrogens (tertiary/aromatic N) is 1. The van der Waals surface area contributed by atoms with E-state index in [-0.39, 0.29) is 11.6 Å². The molecule has 1 aliphatic rings. The summed E-state index contributed by atoms with van der Waals surface area (Å²) in [6, 6.07) is 3.66. The van der Waals surface area contributed by atoms with Gasteiger partial charge in [0.25, 0.3) is 5.91 Å². The molecule has 6 heteroatoms. The summed E-state index contributed by atoms with van der Waals surface area (Å²) in [6.07, 6.45) is -2.72. The lowest BCUT2D eigenvalue weighted by Gasteiger charge is -2.37. The lowest BCUT2D eigenvalue weighted by Crippen LogP contribution is -2.45. The van der Waals surface area contributed by atoms with Gasteiger partial charge in [-0.2, -0.15) is 13.2 Å². The molecule has 0 aromatic heterocycles. The maximum Gasteiger partial charge on any atom is 0.417 e. The molecule has 1 fully saturated rings. The molecule has 1 aromatic rings. The first-order valence-corrected chi connectivity index (χ1v) is 7.67. The largest absolute Gasteiger partial charge is 0.417 e. The van der Waals surface area contributed by atoms with E-state index in [0.29, 0.717) is 16.9 Å². The summed E-state index contributed by atoms with van der Waals surface area (Å²) in [4.78, 5) is 14.1. The molecule has 0 aliphatic carbocycles. The van der Waals surface area contributed by atoms with Crippen molar-refractivity contribution in [1.29, 1.82) is 0 Å². The van der Waals surface area contributed by atoms with Crippen LogP contribution in [-0.2, 0) is 6.18 Å². The monoisotopic (exact) mass is 363 g/mol. The van der Waals surface area contributed by atoms with E-state index in [1.165, 1.54) is 12.1 Å². The molecule has 2 nitrogen and oxygen atoms in total. The fraction of sp³-hybridized carbons (Fsp3) is 0.533. The second kappa shape index (κ2) is 5.99. The molecule has 1 aromatic carbocycles. The van der Waals surface area contributed by atoms with E-state index in [2.05, 4.69) is 15.9 Å². The van der Waals surface area contributed by atoms with Crippen molar-refractivity contribution in [1.82, 2.24) is 4.90 Å². The number of alkyl halides is 3. The molecule has 0 saturated carbocycles. The Balaban J connectivity index is 2.39. The van der Waals surface area contributed by atoms with E-state index >= 15 is 0 Å². The predicted molar refractivity (Wildman–Crippen MR) is 78.0 cm³/mol. The molecule has 116 valence electrons. The van der Waals surface area contributed by atoms with Crippen molar-refractivity contribution in [2.75, 3.05) is 6.54 Å². The van der Waals surface area contributed by atoms with Gasteiger partial charge < -0.3 is 4.90 Å². The summed E-state index contributed by atoms with van der Waals surface area (Å²) in [7, 11) is 0. The fourth-order valence-electron chi connectivity index (χ4n) is 2.66. The molecule has 1 saturated heterocycles. The van der Waals surface area contributed by atoms with Gasteiger partial charge in [0.05, 0.1) is 11.1 Å². The Labute approximate surface area is 130 Å². The van der Waals surface area contributed by atoms with E-state index in [9.17, 15) is 18.0 Å². The number of hydrogen-bond donors (Lipinski definition) is 0. The number of rotatable bonds is 1. The first-order chi connectivity index (χ1) is 9.70. The zero-order valence-corrected chi connectivity index (χ0v) is 13.5. The number of benzene rings is 1. The highest BCUT2D eigenvalue weighted by Gasteiger charge is 2.37. The minimum atomic E-state index is -4.54. The van der Waals surface area contributed by atoms with E-state index in [1.54, 1.807) is 4.90 Å². The Hall–Kier alpha value is -1.04. The third-order valence-corrected chi connectivity index (χ3v) is 4.39. The molecule has 1 amide bonds. The van der Waals surface area contributed by atoms with E-state index in [4.69, 9.17) is 0 Å². The van der Waals surface area contributed by atoms with Crippen molar-refractivity contribution in [3.05, 3.63) is 33.8 Å². The Bertz CT molecular complexity index is 544. The van der Waals surface area contributed by atoms with Crippen molar-refractivity contribution >= 4 is 21.8 Å². The molecule has 1 aliphatic heterocycles. The van der Waals surface area contributed by atoms with Crippen LogP contribution in [0.1, 0.15) is 42.6 Å². The molecule has 0 spiro atoms. The van der Waals surface area contributed by atoms with Crippen LogP contribution in [0.5, 0.6) is 0 Å². The third kappa shape index (κ3) is 3.59. The Morgan fingerprint density at radius 1 is 1.29 bits per heavy atom. The van der Waals surface area contributed by atoms with Crippen LogP contribution >= 0.6 is 15.9 Å². The van der Waals surface area contributed by atoms with Crippen LogP contribution in [0.25, 0.3) is 0 Å². The quantitative estimate of drug-likeness (QED) is 0.706. The van der Waals surface area contributed by atoms with Crippen LogP contribution in [0.2, 0.25) is 0 Å². The number of likely N-dealkylation sites (tertiary alicyclic amines) is 1. The minimum absolute atomic E-state index is 0.0292. The number of carbonyl (C=O) groups excluding carboxylic acids is 1. The minimum Gasteiger partial charge on any atom is -0.336 e. The van der Waals surface area contributed by atoms with Gasteiger partial charge >= 0.3 is 6.18 Å². The van der Waals surface area contributed by atoms with Crippen molar-refractivity contribution in [2.24, 2.45) is 5.92 Å². The van der Waals surface area contributed by atoms with Gasteiger partial charge in [0, 0.05) is 17.1 Å². The van der Waals surface area contributed by atoms with Crippen LogP contribution in [0.4, 0.5) is 13.2 Å². The topological polar surface area (TPSA) is 20.3 Å². The van der Waals surface area contributed by atoms with Gasteiger partial charge in [0.2, 0.25) is 0 Å². The van der Waals surface area contributed by atoms with Gasteiger partial charge in [0.15, 0.2) is 0 Å². The smallest absolute Gasteiger partial charge is 0.336 e. The SMILES string of the molecule is CC1CCC(C)N(C(=O)c2ccc(Br)cc2C(F)(F)F)C1. The van der Waals surface area contributed by atoms with Crippen molar-refractivity contribution in [2.45, 2.75) is 38.9 Å². The Kier molecular flexibility index (Phi) is 4.66. The highest BCUT2D eigenvalue weighted by atomic mass is 79.9. The van der Waals surface area contributed by atoms with Gasteiger partial charge in [-0.3, -0.25) is 4.79 Å². The predicted octanol–water partition coefficient (Wildman–Crippen LogP) is 4.73. The standard InChI is InChI=1S/C15H17BrF3NO/c1-9-3-4-10(2)20(8-9)14(21)12-6-5-11(16)7-13(12)15(17,18)19/h5-7,9-10H,3-4,8H2,1-2H3.